The van der Waals surface area contributed by atoms with Gasteiger partial charge < -0.3 is 10.0 Å². The molecule has 0 bridgehead atoms. The first-order valence-corrected chi connectivity index (χ1v) is 4.99. The van der Waals surface area contributed by atoms with Crippen molar-refractivity contribution in [3.63, 3.8) is 0 Å². The van der Waals surface area contributed by atoms with Crippen LogP contribution in [-0.2, 0) is 0 Å². The SMILES string of the molecule is Oc1ccc(N2CCC(F)(F)CC2)cc1. The molecule has 1 saturated heterocycles. The Morgan fingerprint density at radius 2 is 1.60 bits per heavy atom. The van der Waals surface area contributed by atoms with Crippen molar-refractivity contribution in [1.29, 1.82) is 0 Å². The van der Waals surface area contributed by atoms with Gasteiger partial charge in [0.05, 0.1) is 0 Å². The summed E-state index contributed by atoms with van der Waals surface area (Å²) in [5.74, 6) is -2.31. The summed E-state index contributed by atoms with van der Waals surface area (Å²) < 4.78 is 25.8. The van der Waals surface area contributed by atoms with Crippen LogP contribution >= 0.6 is 0 Å². The summed E-state index contributed by atoms with van der Waals surface area (Å²) >= 11 is 0. The molecule has 0 saturated carbocycles. The highest BCUT2D eigenvalue weighted by Crippen LogP contribution is 2.30. The maximum atomic E-state index is 12.9. The maximum absolute atomic E-state index is 12.9. The minimum atomic E-state index is -2.51. The predicted octanol–water partition coefficient (Wildman–Crippen LogP) is 2.63. The molecule has 1 aromatic carbocycles. The Balaban J connectivity index is 2.04. The van der Waals surface area contributed by atoms with Gasteiger partial charge in [0.1, 0.15) is 5.75 Å². The average Bonchev–Trinajstić information content (AvgIpc) is 2.20. The largest absolute Gasteiger partial charge is 0.508 e. The fraction of sp³-hybridized carbons (Fsp3) is 0.455. The van der Waals surface area contributed by atoms with Gasteiger partial charge in [-0.2, -0.15) is 0 Å². The molecule has 4 heteroatoms. The lowest BCUT2D eigenvalue weighted by molar-refractivity contribution is -0.0220. The number of nitrogens with zero attached hydrogens (tertiary/aromatic N) is 1. The van der Waals surface area contributed by atoms with Gasteiger partial charge in [0.15, 0.2) is 0 Å². The molecule has 1 aromatic rings. The van der Waals surface area contributed by atoms with Crippen LogP contribution < -0.4 is 4.90 Å². The highest BCUT2D eigenvalue weighted by molar-refractivity contribution is 5.49. The number of anilines is 1. The van der Waals surface area contributed by atoms with Crippen molar-refractivity contribution in [3.8, 4) is 5.75 Å². The average molecular weight is 213 g/mol. The van der Waals surface area contributed by atoms with Crippen molar-refractivity contribution < 1.29 is 13.9 Å². The van der Waals surface area contributed by atoms with E-state index in [0.717, 1.165) is 5.69 Å². The molecule has 0 unspecified atom stereocenters. The zero-order valence-corrected chi connectivity index (χ0v) is 8.29. The molecule has 1 fully saturated rings. The number of phenols is 1. The van der Waals surface area contributed by atoms with Crippen molar-refractivity contribution in [2.24, 2.45) is 0 Å². The Bertz CT molecular complexity index is 327. The second-order valence-corrected chi connectivity index (χ2v) is 3.86. The lowest BCUT2D eigenvalue weighted by Gasteiger charge is -2.33. The van der Waals surface area contributed by atoms with E-state index in [4.69, 9.17) is 5.11 Å². The van der Waals surface area contributed by atoms with Crippen LogP contribution in [0.15, 0.2) is 24.3 Å². The molecule has 15 heavy (non-hydrogen) atoms. The number of phenolic OH excluding ortho intramolecular Hbond substituents is 1. The van der Waals surface area contributed by atoms with Crippen LogP contribution in [0.4, 0.5) is 14.5 Å². The third-order valence-corrected chi connectivity index (χ3v) is 2.71. The molecule has 0 aliphatic carbocycles. The molecule has 0 amide bonds. The van der Waals surface area contributed by atoms with E-state index < -0.39 is 5.92 Å². The second kappa shape index (κ2) is 3.68. The van der Waals surface area contributed by atoms with Gasteiger partial charge in [-0.15, -0.1) is 0 Å². The van der Waals surface area contributed by atoms with E-state index in [9.17, 15) is 8.78 Å². The number of hydrogen-bond acceptors (Lipinski definition) is 2. The minimum Gasteiger partial charge on any atom is -0.508 e. The van der Waals surface area contributed by atoms with Crippen LogP contribution in [0, 0.1) is 0 Å². The monoisotopic (exact) mass is 213 g/mol. The van der Waals surface area contributed by atoms with E-state index >= 15 is 0 Å². The normalized spacial score (nSPS) is 20.3. The van der Waals surface area contributed by atoms with Crippen molar-refractivity contribution in [3.05, 3.63) is 24.3 Å². The molecular weight excluding hydrogens is 200 g/mol. The molecule has 0 atom stereocenters. The van der Waals surface area contributed by atoms with Crippen LogP contribution in [0.25, 0.3) is 0 Å². The summed E-state index contributed by atoms with van der Waals surface area (Å²) in [4.78, 5) is 1.91. The number of hydrogen-bond donors (Lipinski definition) is 1. The molecule has 0 spiro atoms. The standard InChI is InChI=1S/C11H13F2NO/c12-11(13)5-7-14(8-6-11)9-1-3-10(15)4-2-9/h1-4,15H,5-8H2. The van der Waals surface area contributed by atoms with Crippen LogP contribution in [0.2, 0.25) is 0 Å². The fourth-order valence-corrected chi connectivity index (χ4v) is 1.76. The van der Waals surface area contributed by atoms with Crippen molar-refractivity contribution in [1.82, 2.24) is 0 Å². The van der Waals surface area contributed by atoms with Crippen LogP contribution in [0.3, 0.4) is 0 Å². The summed E-state index contributed by atoms with van der Waals surface area (Å²) in [7, 11) is 0. The van der Waals surface area contributed by atoms with Gasteiger partial charge in [-0.05, 0) is 24.3 Å². The first kappa shape index (κ1) is 10.2. The van der Waals surface area contributed by atoms with Crippen molar-refractivity contribution in [2.45, 2.75) is 18.8 Å². The Morgan fingerprint density at radius 3 is 2.13 bits per heavy atom. The second-order valence-electron chi connectivity index (χ2n) is 3.86. The molecule has 0 radical (unpaired) electrons. The highest BCUT2D eigenvalue weighted by atomic mass is 19.3. The van der Waals surface area contributed by atoms with Gasteiger partial charge in [0.25, 0.3) is 5.92 Å². The minimum absolute atomic E-state index is 0.0894. The summed E-state index contributed by atoms with van der Waals surface area (Å²) in [5, 5.41) is 9.10. The van der Waals surface area contributed by atoms with Crippen molar-refractivity contribution in [2.75, 3.05) is 18.0 Å². The zero-order valence-electron chi connectivity index (χ0n) is 8.29. The first-order valence-electron chi connectivity index (χ1n) is 4.99. The van der Waals surface area contributed by atoms with Crippen LogP contribution in [0.1, 0.15) is 12.8 Å². The number of benzene rings is 1. The molecule has 2 rings (SSSR count). The summed E-state index contributed by atoms with van der Waals surface area (Å²) in [6.07, 6.45) is -0.179. The van der Waals surface area contributed by atoms with Crippen LogP contribution in [0.5, 0.6) is 5.75 Å². The Hall–Kier alpha value is -1.32. The first-order chi connectivity index (χ1) is 7.07. The Morgan fingerprint density at radius 1 is 1.07 bits per heavy atom. The summed E-state index contributed by atoms with van der Waals surface area (Å²) in [6.45, 7) is 0.746. The Labute approximate surface area is 87.1 Å². The van der Waals surface area contributed by atoms with Gasteiger partial charge in [-0.25, -0.2) is 8.78 Å². The Kier molecular flexibility index (Phi) is 2.50. The van der Waals surface area contributed by atoms with Gasteiger partial charge >= 0.3 is 0 Å². The fourth-order valence-electron chi connectivity index (χ4n) is 1.76. The molecule has 2 nitrogen and oxygen atoms in total. The molecule has 82 valence electrons. The van der Waals surface area contributed by atoms with Gasteiger partial charge in [0.2, 0.25) is 0 Å². The predicted molar refractivity (Wildman–Crippen MR) is 54.5 cm³/mol. The van der Waals surface area contributed by atoms with E-state index in [0.29, 0.717) is 13.1 Å². The van der Waals surface area contributed by atoms with Gasteiger partial charge in [0, 0.05) is 31.6 Å². The van der Waals surface area contributed by atoms with Gasteiger partial charge in [-0.3, -0.25) is 0 Å². The summed E-state index contributed by atoms with van der Waals surface area (Å²) in [6, 6.07) is 6.64. The molecule has 1 aliphatic rings. The molecule has 1 heterocycles. The lowest BCUT2D eigenvalue weighted by Crippen LogP contribution is -2.39. The van der Waals surface area contributed by atoms with E-state index in [1.54, 1.807) is 24.3 Å². The van der Waals surface area contributed by atoms with E-state index in [2.05, 4.69) is 0 Å². The number of halogens is 2. The number of aromatic hydroxyl groups is 1. The number of rotatable bonds is 1. The molecule has 0 aromatic heterocycles. The van der Waals surface area contributed by atoms with E-state index in [1.165, 1.54) is 0 Å². The lowest BCUT2D eigenvalue weighted by atomic mass is 10.1. The van der Waals surface area contributed by atoms with Crippen LogP contribution in [-0.4, -0.2) is 24.1 Å². The summed E-state index contributed by atoms with van der Waals surface area (Å²) in [5.41, 5.74) is 0.892. The van der Waals surface area contributed by atoms with Crippen molar-refractivity contribution >= 4 is 5.69 Å². The van der Waals surface area contributed by atoms with Gasteiger partial charge in [-0.1, -0.05) is 0 Å². The zero-order chi connectivity index (χ0) is 10.9. The topological polar surface area (TPSA) is 23.5 Å². The number of piperidine rings is 1. The molecule has 1 aliphatic heterocycles. The highest BCUT2D eigenvalue weighted by Gasteiger charge is 2.33. The quantitative estimate of drug-likeness (QED) is 0.775. The van der Waals surface area contributed by atoms with E-state index in [1.807, 2.05) is 4.90 Å². The molecule has 1 N–H and O–H groups in total. The van der Waals surface area contributed by atoms with E-state index in [-0.39, 0.29) is 18.6 Å². The molecular formula is C11H13F2NO. The smallest absolute Gasteiger partial charge is 0.251 e. The third kappa shape index (κ3) is 2.37. The maximum Gasteiger partial charge on any atom is 0.251 e. The number of alkyl halides is 2. The third-order valence-electron chi connectivity index (χ3n) is 2.71.